The highest BCUT2D eigenvalue weighted by Gasteiger charge is 2.51. The summed E-state index contributed by atoms with van der Waals surface area (Å²) in [5.41, 5.74) is 0. The van der Waals surface area contributed by atoms with Crippen molar-refractivity contribution in [2.24, 2.45) is 0 Å². The van der Waals surface area contributed by atoms with Crippen molar-refractivity contribution in [3.8, 4) is 0 Å². The van der Waals surface area contributed by atoms with Crippen LogP contribution in [0.25, 0.3) is 0 Å². The number of hydrogen-bond donors (Lipinski definition) is 1. The van der Waals surface area contributed by atoms with Crippen molar-refractivity contribution in [2.75, 3.05) is 6.61 Å². The summed E-state index contributed by atoms with van der Waals surface area (Å²) in [6, 6.07) is 0. The second-order valence-electron chi connectivity index (χ2n) is 3.85. The minimum absolute atomic E-state index is 0.533. The Morgan fingerprint density at radius 3 is 1.73 bits per heavy atom. The summed E-state index contributed by atoms with van der Waals surface area (Å²) in [6.45, 7) is 0.651. The van der Waals surface area contributed by atoms with Gasteiger partial charge in [0.05, 0.1) is 6.61 Å². The Labute approximate surface area is 136 Å². The third-order valence-electron chi connectivity index (χ3n) is 2.43. The molecule has 0 fully saturated rings. The summed E-state index contributed by atoms with van der Waals surface area (Å²) in [6.07, 6.45) is 0. The fraction of sp³-hybridized carbons (Fsp3) is 0.400. The van der Waals surface area contributed by atoms with Gasteiger partial charge in [0.2, 0.25) is 9.61 Å². The maximum Gasteiger partial charge on any atom is 0.270 e. The van der Waals surface area contributed by atoms with Crippen molar-refractivity contribution in [3.05, 3.63) is 29.1 Å². The molecule has 0 amide bonds. The van der Waals surface area contributed by atoms with E-state index in [0.29, 0.717) is 0 Å². The third-order valence-corrected chi connectivity index (χ3v) is 6.20. The molecule has 0 aliphatic rings. The van der Waals surface area contributed by atoms with Crippen LogP contribution in [0.5, 0.6) is 0 Å². The van der Waals surface area contributed by atoms with Crippen molar-refractivity contribution in [1.82, 2.24) is 0 Å². The highest BCUT2D eigenvalue weighted by molar-refractivity contribution is 7.68. The number of aliphatic hydroxyl groups excluding tert-OH is 1. The molecule has 126 valence electrons. The minimum Gasteiger partial charge on any atom is -0.379 e. The van der Waals surface area contributed by atoms with Gasteiger partial charge in [-0.3, -0.25) is 4.57 Å². The van der Waals surface area contributed by atoms with Gasteiger partial charge in [-0.2, -0.15) is 0 Å². The van der Waals surface area contributed by atoms with E-state index < -0.39 is 58.0 Å². The molecule has 0 aliphatic carbocycles. The summed E-state index contributed by atoms with van der Waals surface area (Å²) in [5, 5.41) is 7.86. The van der Waals surface area contributed by atoms with Crippen LogP contribution in [0.15, 0.2) is 0 Å². The quantitative estimate of drug-likeness (QED) is 0.270. The van der Waals surface area contributed by atoms with Crippen LogP contribution in [0.4, 0.5) is 22.0 Å². The lowest BCUT2D eigenvalue weighted by molar-refractivity contribution is 0.217. The van der Waals surface area contributed by atoms with Crippen molar-refractivity contribution in [2.45, 2.75) is 16.6 Å². The van der Waals surface area contributed by atoms with Gasteiger partial charge in [0.1, 0.15) is 5.30 Å². The average Bonchev–Trinajstić information content (AvgIpc) is 2.41. The molecule has 12 heteroatoms. The van der Waals surface area contributed by atoms with Crippen LogP contribution in [-0.2, 0) is 9.09 Å². The second-order valence-corrected chi connectivity index (χ2v) is 8.61. The zero-order valence-electron chi connectivity index (χ0n) is 10.5. The molecular formula is C10H7Cl3F5O3P. The Kier molecular flexibility index (Phi) is 6.15. The van der Waals surface area contributed by atoms with Crippen LogP contribution < -0.4 is 5.30 Å². The predicted octanol–water partition coefficient (Wildman–Crippen LogP) is 4.01. The molecule has 0 radical (unpaired) electrons. The van der Waals surface area contributed by atoms with Crippen molar-refractivity contribution in [1.29, 1.82) is 0 Å². The molecule has 0 aliphatic heterocycles. The molecule has 1 aromatic carbocycles. The van der Waals surface area contributed by atoms with E-state index in [-0.39, 0.29) is 0 Å². The molecule has 0 unspecified atom stereocenters. The first-order chi connectivity index (χ1) is 9.89. The van der Waals surface area contributed by atoms with Gasteiger partial charge in [-0.1, -0.05) is 34.8 Å². The van der Waals surface area contributed by atoms with E-state index in [9.17, 15) is 31.6 Å². The Morgan fingerprint density at radius 1 is 1.05 bits per heavy atom. The molecule has 3 nitrogen and oxygen atoms in total. The molecule has 1 N–H and O–H groups in total. The lowest BCUT2D eigenvalue weighted by Crippen LogP contribution is -2.34. The van der Waals surface area contributed by atoms with Crippen LogP contribution in [0.1, 0.15) is 6.92 Å². The van der Waals surface area contributed by atoms with E-state index in [4.69, 9.17) is 34.8 Å². The number of halogens is 8. The Hall–Kier alpha value is -0.110. The standard InChI is InChI=1S/C10H7Cl3F5O3P/c1-2-21-22(20,9(19)10(11,12)13)8-6(17)4(15)3(14)5(16)7(8)18/h9,19H,2H2,1H3/t9-,22+/m1/s1. The van der Waals surface area contributed by atoms with Gasteiger partial charge in [-0.25, -0.2) is 22.0 Å². The molecule has 0 spiro atoms. The molecule has 22 heavy (non-hydrogen) atoms. The number of benzene rings is 1. The third kappa shape index (κ3) is 3.37. The van der Waals surface area contributed by atoms with Gasteiger partial charge < -0.3 is 9.63 Å². The van der Waals surface area contributed by atoms with E-state index in [0.717, 1.165) is 0 Å². The first kappa shape index (κ1) is 19.9. The maximum absolute atomic E-state index is 13.8. The monoisotopic (exact) mass is 406 g/mol. The zero-order chi connectivity index (χ0) is 17.5. The van der Waals surface area contributed by atoms with Gasteiger partial charge in [-0.15, -0.1) is 0 Å². The summed E-state index contributed by atoms with van der Waals surface area (Å²) in [5.74, 6) is -14.8. The molecule has 0 heterocycles. The van der Waals surface area contributed by atoms with Crippen LogP contribution in [0.3, 0.4) is 0 Å². The lowest BCUT2D eigenvalue weighted by Gasteiger charge is -2.28. The number of hydrogen-bond acceptors (Lipinski definition) is 3. The summed E-state index contributed by atoms with van der Waals surface area (Å²) in [4.78, 5) is 0. The first-order valence-electron chi connectivity index (χ1n) is 5.40. The first-order valence-corrected chi connectivity index (χ1v) is 8.23. The lowest BCUT2D eigenvalue weighted by atomic mass is 10.3. The molecule has 2 atom stereocenters. The Morgan fingerprint density at radius 2 is 1.41 bits per heavy atom. The predicted molar refractivity (Wildman–Crippen MR) is 71.4 cm³/mol. The van der Waals surface area contributed by atoms with Gasteiger partial charge in [0.25, 0.3) is 7.37 Å². The zero-order valence-corrected chi connectivity index (χ0v) is 13.7. The fourth-order valence-electron chi connectivity index (χ4n) is 1.51. The van der Waals surface area contributed by atoms with Crippen LogP contribution in [-0.4, -0.2) is 21.4 Å². The maximum atomic E-state index is 13.8. The Bertz CT molecular complexity index is 608. The molecule has 0 saturated carbocycles. The fourth-order valence-corrected chi connectivity index (χ4v) is 4.69. The van der Waals surface area contributed by atoms with Crippen molar-refractivity contribution in [3.63, 3.8) is 0 Å². The molecule has 1 rings (SSSR count). The average molecular weight is 407 g/mol. The second kappa shape index (κ2) is 6.79. The number of alkyl halides is 3. The van der Waals surface area contributed by atoms with Gasteiger partial charge in [-0.05, 0) is 6.92 Å². The van der Waals surface area contributed by atoms with Gasteiger partial charge >= 0.3 is 0 Å². The highest BCUT2D eigenvalue weighted by Crippen LogP contribution is 2.58. The molecular weight excluding hydrogens is 400 g/mol. The smallest absolute Gasteiger partial charge is 0.270 e. The van der Waals surface area contributed by atoms with Crippen molar-refractivity contribution < 1.29 is 36.1 Å². The normalized spacial score (nSPS) is 16.5. The topological polar surface area (TPSA) is 46.5 Å². The van der Waals surface area contributed by atoms with Crippen molar-refractivity contribution >= 4 is 47.5 Å². The van der Waals surface area contributed by atoms with E-state index in [2.05, 4.69) is 4.52 Å². The summed E-state index contributed by atoms with van der Waals surface area (Å²) in [7, 11) is -5.17. The molecule has 1 aromatic rings. The number of aliphatic hydroxyl groups is 1. The summed E-state index contributed by atoms with van der Waals surface area (Å²) < 4.78 is 81.3. The molecule has 0 saturated heterocycles. The number of rotatable bonds is 4. The van der Waals surface area contributed by atoms with Crippen LogP contribution in [0, 0.1) is 29.1 Å². The Balaban J connectivity index is 3.77. The molecule has 0 bridgehead atoms. The van der Waals surface area contributed by atoms with Gasteiger partial charge in [0, 0.05) is 0 Å². The summed E-state index contributed by atoms with van der Waals surface area (Å²) >= 11 is 15.9. The van der Waals surface area contributed by atoms with E-state index in [1.807, 2.05) is 0 Å². The molecule has 0 aromatic heterocycles. The van der Waals surface area contributed by atoms with E-state index in [1.165, 1.54) is 6.92 Å². The minimum atomic E-state index is -5.17. The largest absolute Gasteiger partial charge is 0.379 e. The van der Waals surface area contributed by atoms with E-state index >= 15 is 0 Å². The van der Waals surface area contributed by atoms with E-state index in [1.54, 1.807) is 0 Å². The van der Waals surface area contributed by atoms with Gasteiger partial charge in [0.15, 0.2) is 29.1 Å². The van der Waals surface area contributed by atoms with Crippen LogP contribution in [0.2, 0.25) is 0 Å². The highest BCUT2D eigenvalue weighted by atomic mass is 35.6. The van der Waals surface area contributed by atoms with Crippen LogP contribution >= 0.6 is 42.2 Å². The SMILES string of the molecule is CCO[P@@](=O)(c1c(F)c(F)c(F)c(F)c1F)[C@@H](O)C(Cl)(Cl)Cl.